The summed E-state index contributed by atoms with van der Waals surface area (Å²) < 4.78 is 52.1. The average Bonchev–Trinajstić information content (AvgIpc) is 2.18. The number of alkyl halides is 4. The maximum Gasteiger partial charge on any atom is 0.426 e. The SMILES string of the molecule is Oc1ccc2c(c1)C(F)(C(F)(F)F)CCC2. The van der Waals surface area contributed by atoms with Gasteiger partial charge in [0.2, 0.25) is 5.67 Å². The minimum absolute atomic E-state index is 0.161. The van der Waals surface area contributed by atoms with Gasteiger partial charge in [0.15, 0.2) is 0 Å². The van der Waals surface area contributed by atoms with E-state index in [9.17, 15) is 17.6 Å². The molecule has 0 saturated heterocycles. The maximum atomic E-state index is 14.0. The third-order valence-corrected chi connectivity index (χ3v) is 2.94. The van der Waals surface area contributed by atoms with Crippen LogP contribution in [0.4, 0.5) is 17.6 Å². The van der Waals surface area contributed by atoms with E-state index in [2.05, 4.69) is 0 Å². The number of aromatic hydroxyl groups is 1. The largest absolute Gasteiger partial charge is 0.508 e. The van der Waals surface area contributed by atoms with Crippen LogP contribution in [0, 0.1) is 0 Å². The highest BCUT2D eigenvalue weighted by molar-refractivity contribution is 5.41. The molecule has 88 valence electrons. The average molecular weight is 234 g/mol. The molecular weight excluding hydrogens is 224 g/mol. The first-order valence-electron chi connectivity index (χ1n) is 4.92. The van der Waals surface area contributed by atoms with Crippen LogP contribution in [0.25, 0.3) is 0 Å². The van der Waals surface area contributed by atoms with Crippen LogP contribution >= 0.6 is 0 Å². The molecule has 0 aromatic heterocycles. The van der Waals surface area contributed by atoms with Gasteiger partial charge in [0.05, 0.1) is 0 Å². The van der Waals surface area contributed by atoms with Gasteiger partial charge in [0.1, 0.15) is 5.75 Å². The Kier molecular flexibility index (Phi) is 2.36. The molecule has 0 aliphatic heterocycles. The van der Waals surface area contributed by atoms with Crippen LogP contribution in [-0.2, 0) is 12.1 Å². The second-order valence-corrected chi connectivity index (χ2v) is 3.99. The second-order valence-electron chi connectivity index (χ2n) is 3.99. The minimum Gasteiger partial charge on any atom is -0.508 e. The summed E-state index contributed by atoms with van der Waals surface area (Å²) in [5.41, 5.74) is -3.44. The molecule has 0 bridgehead atoms. The van der Waals surface area contributed by atoms with Crippen LogP contribution in [-0.4, -0.2) is 11.3 Å². The Hall–Kier alpha value is -1.26. The van der Waals surface area contributed by atoms with E-state index in [-0.39, 0.29) is 12.2 Å². The fourth-order valence-corrected chi connectivity index (χ4v) is 2.10. The Bertz CT molecular complexity index is 413. The van der Waals surface area contributed by atoms with Crippen LogP contribution in [0.1, 0.15) is 24.0 Å². The Morgan fingerprint density at radius 2 is 1.94 bits per heavy atom. The number of phenolic OH excluding ortho intramolecular Hbond substituents is 1. The Morgan fingerprint density at radius 1 is 1.25 bits per heavy atom. The highest BCUT2D eigenvalue weighted by Crippen LogP contribution is 2.50. The molecule has 0 radical (unpaired) electrons. The van der Waals surface area contributed by atoms with E-state index in [1.165, 1.54) is 12.1 Å². The Morgan fingerprint density at radius 3 is 2.56 bits per heavy atom. The molecule has 1 unspecified atom stereocenters. The molecule has 1 aromatic carbocycles. The maximum absolute atomic E-state index is 14.0. The summed E-state index contributed by atoms with van der Waals surface area (Å²) in [6.07, 6.45) is -4.94. The predicted molar refractivity (Wildman–Crippen MR) is 49.9 cm³/mol. The molecule has 16 heavy (non-hydrogen) atoms. The third-order valence-electron chi connectivity index (χ3n) is 2.94. The van der Waals surface area contributed by atoms with Crippen molar-refractivity contribution in [1.29, 1.82) is 0 Å². The van der Waals surface area contributed by atoms with Gasteiger partial charge < -0.3 is 5.11 Å². The molecule has 1 atom stereocenters. The van der Waals surface area contributed by atoms with E-state index in [0.717, 1.165) is 6.07 Å². The molecule has 0 saturated carbocycles. The molecule has 0 spiro atoms. The van der Waals surface area contributed by atoms with E-state index in [1.54, 1.807) is 0 Å². The van der Waals surface area contributed by atoms with Crippen molar-refractivity contribution in [2.24, 2.45) is 0 Å². The Labute approximate surface area is 89.7 Å². The summed E-state index contributed by atoms with van der Waals surface area (Å²) in [5, 5.41) is 9.15. The first-order chi connectivity index (χ1) is 7.34. The molecule has 1 aliphatic rings. The molecule has 1 N–H and O–H groups in total. The van der Waals surface area contributed by atoms with Gasteiger partial charge in [-0.25, -0.2) is 4.39 Å². The zero-order chi connectivity index (χ0) is 12.0. The first-order valence-corrected chi connectivity index (χ1v) is 4.92. The normalized spacial score (nSPS) is 25.2. The van der Waals surface area contributed by atoms with Crippen molar-refractivity contribution in [2.45, 2.75) is 31.1 Å². The number of hydrogen-bond acceptors (Lipinski definition) is 1. The van der Waals surface area contributed by atoms with Gasteiger partial charge in [-0.1, -0.05) is 6.07 Å². The number of aryl methyl sites for hydroxylation is 1. The number of fused-ring (bicyclic) bond motifs is 1. The summed E-state index contributed by atoms with van der Waals surface area (Å²) >= 11 is 0. The molecular formula is C11H10F4O. The minimum atomic E-state index is -4.93. The van der Waals surface area contributed by atoms with E-state index < -0.39 is 23.8 Å². The zero-order valence-corrected chi connectivity index (χ0v) is 8.31. The van der Waals surface area contributed by atoms with Crippen LogP contribution in [0.2, 0.25) is 0 Å². The van der Waals surface area contributed by atoms with Crippen LogP contribution in [0.5, 0.6) is 5.75 Å². The first kappa shape index (κ1) is 11.2. The van der Waals surface area contributed by atoms with Crippen molar-refractivity contribution in [1.82, 2.24) is 0 Å². The third kappa shape index (κ3) is 1.54. The number of benzene rings is 1. The lowest BCUT2D eigenvalue weighted by molar-refractivity contribution is -0.240. The van der Waals surface area contributed by atoms with Crippen LogP contribution in [0.3, 0.4) is 0 Å². The van der Waals surface area contributed by atoms with E-state index in [4.69, 9.17) is 5.11 Å². The molecule has 0 fully saturated rings. The summed E-state index contributed by atoms with van der Waals surface area (Å²) in [7, 11) is 0. The van der Waals surface area contributed by atoms with Gasteiger partial charge in [-0.15, -0.1) is 0 Å². The standard InChI is InChI=1S/C11H10F4O/c12-10(11(13,14)15)5-1-2-7-3-4-8(16)6-9(7)10/h3-4,6,16H,1-2,5H2. The van der Waals surface area contributed by atoms with Crippen molar-refractivity contribution in [3.63, 3.8) is 0 Å². The fraction of sp³-hybridized carbons (Fsp3) is 0.455. The van der Waals surface area contributed by atoms with Crippen molar-refractivity contribution in [3.8, 4) is 5.75 Å². The van der Waals surface area contributed by atoms with Crippen molar-refractivity contribution < 1.29 is 22.7 Å². The van der Waals surface area contributed by atoms with E-state index >= 15 is 0 Å². The molecule has 0 heterocycles. The van der Waals surface area contributed by atoms with Crippen LogP contribution in [0.15, 0.2) is 18.2 Å². The summed E-state index contributed by atoms with van der Waals surface area (Å²) in [6, 6.07) is 3.51. The smallest absolute Gasteiger partial charge is 0.426 e. The van der Waals surface area contributed by atoms with Crippen LogP contribution < -0.4 is 0 Å². The van der Waals surface area contributed by atoms with Gasteiger partial charge in [-0.2, -0.15) is 13.2 Å². The van der Waals surface area contributed by atoms with Gasteiger partial charge in [0.25, 0.3) is 0 Å². The highest BCUT2D eigenvalue weighted by atomic mass is 19.4. The van der Waals surface area contributed by atoms with Gasteiger partial charge >= 0.3 is 6.18 Å². The lowest BCUT2D eigenvalue weighted by Gasteiger charge is -2.33. The topological polar surface area (TPSA) is 20.2 Å². The van der Waals surface area contributed by atoms with Crippen molar-refractivity contribution in [3.05, 3.63) is 29.3 Å². The molecule has 1 aromatic rings. The monoisotopic (exact) mass is 234 g/mol. The lowest BCUT2D eigenvalue weighted by Crippen LogP contribution is -2.40. The fourth-order valence-electron chi connectivity index (χ4n) is 2.10. The molecule has 2 rings (SSSR count). The number of hydrogen-bond donors (Lipinski definition) is 1. The molecule has 5 heteroatoms. The summed E-state index contributed by atoms with van der Waals surface area (Å²) in [4.78, 5) is 0. The summed E-state index contributed by atoms with van der Waals surface area (Å²) in [5.74, 6) is -0.341. The quantitative estimate of drug-likeness (QED) is 0.681. The van der Waals surface area contributed by atoms with E-state index in [0.29, 0.717) is 12.0 Å². The highest BCUT2D eigenvalue weighted by Gasteiger charge is 2.58. The van der Waals surface area contributed by atoms with E-state index in [1.807, 2.05) is 0 Å². The van der Waals surface area contributed by atoms with Crippen molar-refractivity contribution >= 4 is 0 Å². The molecule has 1 nitrogen and oxygen atoms in total. The van der Waals surface area contributed by atoms with Gasteiger partial charge in [-0.05, 0) is 37.0 Å². The number of phenols is 1. The predicted octanol–water partition coefficient (Wildman–Crippen LogP) is 3.46. The zero-order valence-electron chi connectivity index (χ0n) is 8.31. The number of halogens is 4. The summed E-state index contributed by atoms with van der Waals surface area (Å²) in [6.45, 7) is 0. The number of rotatable bonds is 0. The van der Waals surface area contributed by atoms with Crippen molar-refractivity contribution in [2.75, 3.05) is 0 Å². The molecule has 1 aliphatic carbocycles. The molecule has 0 amide bonds. The Balaban J connectivity index is 2.59. The second kappa shape index (κ2) is 3.37. The van der Waals surface area contributed by atoms with Gasteiger partial charge in [0, 0.05) is 5.56 Å². The lowest BCUT2D eigenvalue weighted by atomic mass is 9.80. The van der Waals surface area contributed by atoms with Gasteiger partial charge in [-0.3, -0.25) is 0 Å².